The first-order valence-corrected chi connectivity index (χ1v) is 7.01. The van der Waals surface area contributed by atoms with Gasteiger partial charge in [-0.3, -0.25) is 0 Å². The molecule has 3 rings (SSSR count). The zero-order valence-corrected chi connectivity index (χ0v) is 10.7. The Hall–Kier alpha value is -0.970. The number of aromatic nitrogens is 1. The predicted octanol–water partition coefficient (Wildman–Crippen LogP) is 1.74. The van der Waals surface area contributed by atoms with Crippen LogP contribution < -0.4 is 5.32 Å². The zero-order chi connectivity index (χ0) is 11.5. The molecule has 0 amide bonds. The SMILES string of the molecule is c1ccc2sc(CCN3CCNCC3)nc2c1. The average molecular weight is 247 g/mol. The summed E-state index contributed by atoms with van der Waals surface area (Å²) in [6.45, 7) is 5.73. The highest BCUT2D eigenvalue weighted by atomic mass is 32.1. The van der Waals surface area contributed by atoms with E-state index in [0.717, 1.165) is 31.6 Å². The maximum atomic E-state index is 4.67. The monoisotopic (exact) mass is 247 g/mol. The number of hydrogen-bond donors (Lipinski definition) is 1. The number of hydrogen-bond acceptors (Lipinski definition) is 4. The van der Waals surface area contributed by atoms with Crippen LogP contribution in [0.1, 0.15) is 5.01 Å². The molecule has 0 spiro atoms. The normalized spacial score (nSPS) is 17.6. The maximum Gasteiger partial charge on any atom is 0.0951 e. The fourth-order valence-electron chi connectivity index (χ4n) is 2.22. The molecule has 0 bridgehead atoms. The number of para-hydroxylation sites is 1. The molecule has 1 saturated heterocycles. The van der Waals surface area contributed by atoms with Gasteiger partial charge in [-0.25, -0.2) is 4.98 Å². The molecule has 1 fully saturated rings. The summed E-state index contributed by atoms with van der Waals surface area (Å²) in [6.07, 6.45) is 1.08. The van der Waals surface area contributed by atoms with Crippen LogP contribution in [0.2, 0.25) is 0 Å². The van der Waals surface area contributed by atoms with E-state index in [9.17, 15) is 0 Å². The second-order valence-electron chi connectivity index (χ2n) is 4.42. The van der Waals surface area contributed by atoms with Crippen molar-refractivity contribution in [3.8, 4) is 0 Å². The molecular formula is C13H17N3S. The minimum absolute atomic E-state index is 1.08. The Bertz CT molecular complexity index is 455. The van der Waals surface area contributed by atoms with Crippen LogP contribution in [0, 0.1) is 0 Å². The number of rotatable bonds is 3. The van der Waals surface area contributed by atoms with Gasteiger partial charge in [-0.1, -0.05) is 12.1 Å². The van der Waals surface area contributed by atoms with E-state index in [1.54, 1.807) is 0 Å². The van der Waals surface area contributed by atoms with Gasteiger partial charge in [-0.15, -0.1) is 11.3 Å². The van der Waals surface area contributed by atoms with Gasteiger partial charge < -0.3 is 10.2 Å². The van der Waals surface area contributed by atoms with Crippen molar-refractivity contribution in [2.75, 3.05) is 32.7 Å². The zero-order valence-electron chi connectivity index (χ0n) is 9.85. The van der Waals surface area contributed by atoms with E-state index >= 15 is 0 Å². The lowest BCUT2D eigenvalue weighted by atomic mass is 10.3. The van der Waals surface area contributed by atoms with Crippen molar-refractivity contribution in [1.82, 2.24) is 15.2 Å². The second-order valence-corrected chi connectivity index (χ2v) is 5.53. The number of piperazine rings is 1. The molecule has 1 N–H and O–H groups in total. The second kappa shape index (κ2) is 5.12. The van der Waals surface area contributed by atoms with Crippen molar-refractivity contribution in [1.29, 1.82) is 0 Å². The lowest BCUT2D eigenvalue weighted by Crippen LogP contribution is -2.44. The Morgan fingerprint density at radius 3 is 2.88 bits per heavy atom. The van der Waals surface area contributed by atoms with Gasteiger partial charge in [-0.2, -0.15) is 0 Å². The van der Waals surface area contributed by atoms with Gasteiger partial charge in [-0.05, 0) is 12.1 Å². The number of nitrogens with one attached hydrogen (secondary N) is 1. The molecule has 3 nitrogen and oxygen atoms in total. The first-order chi connectivity index (χ1) is 8.42. The van der Waals surface area contributed by atoms with Gasteiger partial charge in [0, 0.05) is 39.1 Å². The molecule has 90 valence electrons. The summed E-state index contributed by atoms with van der Waals surface area (Å²) in [5.41, 5.74) is 1.15. The van der Waals surface area contributed by atoms with Crippen molar-refractivity contribution in [2.24, 2.45) is 0 Å². The Labute approximate surface area is 105 Å². The van der Waals surface area contributed by atoms with Gasteiger partial charge in [0.2, 0.25) is 0 Å². The van der Waals surface area contributed by atoms with Gasteiger partial charge in [0.05, 0.1) is 15.2 Å². The molecule has 0 aliphatic carbocycles. The first-order valence-electron chi connectivity index (χ1n) is 6.19. The first kappa shape index (κ1) is 11.1. The predicted molar refractivity (Wildman–Crippen MR) is 72.6 cm³/mol. The quantitative estimate of drug-likeness (QED) is 0.895. The Kier molecular flexibility index (Phi) is 3.36. The third-order valence-corrected chi connectivity index (χ3v) is 4.29. The highest BCUT2D eigenvalue weighted by Crippen LogP contribution is 2.21. The molecular weight excluding hydrogens is 230 g/mol. The molecule has 1 aromatic carbocycles. The molecule has 0 unspecified atom stereocenters. The molecule has 17 heavy (non-hydrogen) atoms. The third kappa shape index (κ3) is 2.65. The summed E-state index contributed by atoms with van der Waals surface area (Å²) >= 11 is 1.83. The summed E-state index contributed by atoms with van der Waals surface area (Å²) < 4.78 is 1.31. The fraction of sp³-hybridized carbons (Fsp3) is 0.462. The van der Waals surface area contributed by atoms with E-state index < -0.39 is 0 Å². The Balaban J connectivity index is 1.64. The lowest BCUT2D eigenvalue weighted by molar-refractivity contribution is 0.244. The Morgan fingerprint density at radius 2 is 2.06 bits per heavy atom. The van der Waals surface area contributed by atoms with Crippen LogP contribution in [0.4, 0.5) is 0 Å². The van der Waals surface area contributed by atoms with Crippen LogP contribution in [0.3, 0.4) is 0 Å². The number of fused-ring (bicyclic) bond motifs is 1. The highest BCUT2D eigenvalue weighted by Gasteiger charge is 2.10. The summed E-state index contributed by atoms with van der Waals surface area (Å²) in [6, 6.07) is 8.39. The van der Waals surface area contributed by atoms with Crippen LogP contribution in [0.15, 0.2) is 24.3 Å². The molecule has 4 heteroatoms. The van der Waals surface area contributed by atoms with Gasteiger partial charge in [0.25, 0.3) is 0 Å². The highest BCUT2D eigenvalue weighted by molar-refractivity contribution is 7.18. The van der Waals surface area contributed by atoms with Crippen molar-refractivity contribution in [3.05, 3.63) is 29.3 Å². The molecule has 0 atom stereocenters. The fourth-order valence-corrected chi connectivity index (χ4v) is 3.17. The van der Waals surface area contributed by atoms with Gasteiger partial charge in [0.1, 0.15) is 0 Å². The molecule has 1 aromatic heterocycles. The average Bonchev–Trinajstić information content (AvgIpc) is 2.80. The minimum atomic E-state index is 1.08. The van der Waals surface area contributed by atoms with E-state index in [-0.39, 0.29) is 0 Å². The minimum Gasteiger partial charge on any atom is -0.314 e. The molecule has 2 heterocycles. The molecule has 1 aliphatic rings. The summed E-state index contributed by atoms with van der Waals surface area (Å²) in [7, 11) is 0. The van der Waals surface area contributed by atoms with Crippen molar-refractivity contribution in [3.63, 3.8) is 0 Å². The lowest BCUT2D eigenvalue weighted by Gasteiger charge is -2.26. The van der Waals surface area contributed by atoms with Crippen LogP contribution in [-0.2, 0) is 6.42 Å². The standard InChI is InChI=1S/C13H17N3S/c1-2-4-12-11(3-1)15-13(17-12)5-8-16-9-6-14-7-10-16/h1-4,14H,5-10H2. The van der Waals surface area contributed by atoms with Crippen LogP contribution >= 0.6 is 11.3 Å². The van der Waals surface area contributed by atoms with Crippen LogP contribution in [0.5, 0.6) is 0 Å². The summed E-state index contributed by atoms with van der Waals surface area (Å²) in [5.74, 6) is 0. The number of nitrogens with zero attached hydrogens (tertiary/aromatic N) is 2. The molecule has 0 radical (unpaired) electrons. The Morgan fingerprint density at radius 1 is 1.24 bits per heavy atom. The van der Waals surface area contributed by atoms with Crippen LogP contribution in [-0.4, -0.2) is 42.6 Å². The van der Waals surface area contributed by atoms with Gasteiger partial charge in [0.15, 0.2) is 0 Å². The van der Waals surface area contributed by atoms with Crippen molar-refractivity contribution < 1.29 is 0 Å². The smallest absolute Gasteiger partial charge is 0.0951 e. The largest absolute Gasteiger partial charge is 0.314 e. The molecule has 0 saturated carbocycles. The molecule has 1 aliphatic heterocycles. The van der Waals surface area contributed by atoms with E-state index in [2.05, 4.69) is 39.5 Å². The summed E-state index contributed by atoms with van der Waals surface area (Å²) in [4.78, 5) is 7.19. The molecule has 2 aromatic rings. The van der Waals surface area contributed by atoms with E-state index in [4.69, 9.17) is 0 Å². The summed E-state index contributed by atoms with van der Waals surface area (Å²) in [5, 5.41) is 4.65. The maximum absolute atomic E-state index is 4.67. The van der Waals surface area contributed by atoms with Gasteiger partial charge >= 0.3 is 0 Å². The number of thiazole rings is 1. The van der Waals surface area contributed by atoms with E-state index in [0.29, 0.717) is 0 Å². The van der Waals surface area contributed by atoms with E-state index in [1.165, 1.54) is 22.8 Å². The van der Waals surface area contributed by atoms with Crippen molar-refractivity contribution in [2.45, 2.75) is 6.42 Å². The third-order valence-electron chi connectivity index (χ3n) is 3.19. The van der Waals surface area contributed by atoms with Crippen LogP contribution in [0.25, 0.3) is 10.2 Å². The van der Waals surface area contributed by atoms with E-state index in [1.807, 2.05) is 11.3 Å². The topological polar surface area (TPSA) is 28.2 Å². The number of benzene rings is 1. The van der Waals surface area contributed by atoms with Crippen molar-refractivity contribution >= 4 is 21.6 Å².